The fourth-order valence-corrected chi connectivity index (χ4v) is 3.89. The Morgan fingerprint density at radius 3 is 2.89 bits per heavy atom. The van der Waals surface area contributed by atoms with Crippen LogP contribution in [0.5, 0.6) is 0 Å². The quantitative estimate of drug-likeness (QED) is 0.570. The van der Waals surface area contributed by atoms with Gasteiger partial charge >= 0.3 is 0 Å². The topological polar surface area (TPSA) is 59.3 Å². The van der Waals surface area contributed by atoms with Gasteiger partial charge in [-0.2, -0.15) is 9.61 Å². The van der Waals surface area contributed by atoms with Crippen LogP contribution >= 0.6 is 0 Å². The zero-order valence-corrected chi connectivity index (χ0v) is 15.9. The summed E-state index contributed by atoms with van der Waals surface area (Å²) in [5, 5.41) is 8.26. The molecular weight excluding hydrogens is 336 g/mol. The summed E-state index contributed by atoms with van der Waals surface area (Å²) in [6.45, 7) is 6.46. The second-order valence-corrected chi connectivity index (χ2v) is 6.91. The second-order valence-electron chi connectivity index (χ2n) is 6.91. The number of nitrogens with one attached hydrogen (secondary N) is 1. The third-order valence-corrected chi connectivity index (χ3v) is 5.14. The summed E-state index contributed by atoms with van der Waals surface area (Å²) >= 11 is 0. The van der Waals surface area contributed by atoms with Gasteiger partial charge in [-0.15, -0.1) is 5.92 Å². The maximum absolute atomic E-state index is 11.1. The molecule has 0 spiro atoms. The summed E-state index contributed by atoms with van der Waals surface area (Å²) in [4.78, 5) is 16.1. The summed E-state index contributed by atoms with van der Waals surface area (Å²) in [5.41, 5.74) is 8.02. The van der Waals surface area contributed by atoms with Crippen molar-refractivity contribution in [1.82, 2.24) is 14.6 Å². The fourth-order valence-electron chi connectivity index (χ4n) is 3.89. The van der Waals surface area contributed by atoms with Crippen molar-refractivity contribution in [2.45, 2.75) is 40.0 Å². The SMILES string of the molecule is CC#CCNc1c2c(nc3c(-c4ccc(C=O)cc4C)c(C)nn13)CCC2. The van der Waals surface area contributed by atoms with Gasteiger partial charge in [0, 0.05) is 22.4 Å². The van der Waals surface area contributed by atoms with Gasteiger partial charge < -0.3 is 5.32 Å². The average molecular weight is 358 g/mol. The van der Waals surface area contributed by atoms with Crippen molar-refractivity contribution in [3.8, 4) is 23.0 Å². The summed E-state index contributed by atoms with van der Waals surface area (Å²) in [6.07, 6.45) is 4.00. The lowest BCUT2D eigenvalue weighted by atomic mass is 9.99. The second kappa shape index (κ2) is 6.88. The number of hydrogen-bond donors (Lipinski definition) is 1. The number of aromatic nitrogens is 3. The number of carbonyl (C=O) groups excluding carboxylic acids is 1. The molecule has 136 valence electrons. The van der Waals surface area contributed by atoms with Crippen LogP contribution in [0.15, 0.2) is 18.2 Å². The number of anilines is 1. The van der Waals surface area contributed by atoms with Gasteiger partial charge in [0.15, 0.2) is 5.65 Å². The molecule has 1 aromatic carbocycles. The van der Waals surface area contributed by atoms with E-state index in [2.05, 4.69) is 17.2 Å². The van der Waals surface area contributed by atoms with Gasteiger partial charge in [-0.05, 0) is 57.2 Å². The molecule has 0 amide bonds. The fraction of sp³-hybridized carbons (Fsp3) is 0.318. The highest BCUT2D eigenvalue weighted by molar-refractivity contribution is 5.85. The van der Waals surface area contributed by atoms with Crippen molar-refractivity contribution in [2.75, 3.05) is 11.9 Å². The molecule has 1 aliphatic carbocycles. The number of benzene rings is 1. The van der Waals surface area contributed by atoms with Crippen molar-refractivity contribution in [3.63, 3.8) is 0 Å². The van der Waals surface area contributed by atoms with Crippen molar-refractivity contribution in [1.29, 1.82) is 0 Å². The van der Waals surface area contributed by atoms with Gasteiger partial charge in [0.25, 0.3) is 0 Å². The highest BCUT2D eigenvalue weighted by Crippen LogP contribution is 2.35. The molecule has 27 heavy (non-hydrogen) atoms. The molecule has 3 aromatic rings. The Labute approximate surface area is 158 Å². The molecule has 0 atom stereocenters. The Hall–Kier alpha value is -3.13. The van der Waals surface area contributed by atoms with E-state index in [1.54, 1.807) is 0 Å². The standard InChI is InChI=1S/C22H22N4O/c1-4-5-11-23-21-18-7-6-8-19(18)24-22-20(15(3)25-26(21)22)17-10-9-16(13-27)12-14(17)2/h9-10,12-13,23H,6-8,11H2,1-3H3. The molecule has 5 nitrogen and oxygen atoms in total. The molecule has 0 aliphatic heterocycles. The van der Waals surface area contributed by atoms with Crippen LogP contribution in [0, 0.1) is 25.7 Å². The van der Waals surface area contributed by atoms with Crippen molar-refractivity contribution in [2.24, 2.45) is 0 Å². The lowest BCUT2D eigenvalue weighted by Crippen LogP contribution is -2.10. The molecule has 0 unspecified atom stereocenters. The van der Waals surface area contributed by atoms with Gasteiger partial charge in [0.2, 0.25) is 0 Å². The molecule has 1 N–H and O–H groups in total. The zero-order valence-electron chi connectivity index (χ0n) is 15.9. The van der Waals surface area contributed by atoms with Crippen molar-refractivity contribution in [3.05, 3.63) is 46.3 Å². The third-order valence-electron chi connectivity index (χ3n) is 5.14. The van der Waals surface area contributed by atoms with Crippen LogP contribution in [-0.2, 0) is 12.8 Å². The number of fused-ring (bicyclic) bond motifs is 2. The maximum Gasteiger partial charge on any atom is 0.165 e. The molecule has 0 saturated carbocycles. The van der Waals surface area contributed by atoms with E-state index in [0.717, 1.165) is 65.1 Å². The van der Waals surface area contributed by atoms with E-state index in [9.17, 15) is 4.79 Å². The zero-order chi connectivity index (χ0) is 19.0. The van der Waals surface area contributed by atoms with Crippen LogP contribution in [0.1, 0.15) is 46.2 Å². The van der Waals surface area contributed by atoms with E-state index >= 15 is 0 Å². The largest absolute Gasteiger partial charge is 0.359 e. The first-order chi connectivity index (χ1) is 13.1. The van der Waals surface area contributed by atoms with E-state index in [-0.39, 0.29) is 0 Å². The molecule has 4 rings (SSSR count). The summed E-state index contributed by atoms with van der Waals surface area (Å²) in [7, 11) is 0. The normalized spacial score (nSPS) is 12.6. The van der Waals surface area contributed by atoms with Crippen LogP contribution in [0.4, 0.5) is 5.82 Å². The van der Waals surface area contributed by atoms with E-state index < -0.39 is 0 Å². The first-order valence-corrected chi connectivity index (χ1v) is 9.24. The molecule has 1 aliphatic rings. The number of carbonyl (C=O) groups is 1. The van der Waals surface area contributed by atoms with E-state index in [1.807, 2.05) is 43.5 Å². The first-order valence-electron chi connectivity index (χ1n) is 9.24. The number of aldehydes is 1. The molecule has 5 heteroatoms. The Morgan fingerprint density at radius 2 is 2.15 bits per heavy atom. The highest BCUT2D eigenvalue weighted by Gasteiger charge is 2.24. The van der Waals surface area contributed by atoms with Crippen molar-refractivity contribution < 1.29 is 4.79 Å². The predicted octanol–water partition coefficient (Wildman–Crippen LogP) is 3.75. The van der Waals surface area contributed by atoms with Crippen LogP contribution in [0.2, 0.25) is 0 Å². The lowest BCUT2D eigenvalue weighted by Gasteiger charge is -2.12. The lowest BCUT2D eigenvalue weighted by molar-refractivity contribution is 0.112. The van der Waals surface area contributed by atoms with Crippen LogP contribution in [0.25, 0.3) is 16.8 Å². The Bertz CT molecular complexity index is 1120. The molecule has 2 heterocycles. The molecule has 2 aromatic heterocycles. The summed E-state index contributed by atoms with van der Waals surface area (Å²) in [5.74, 6) is 7.01. The molecule has 0 saturated heterocycles. The minimum absolute atomic E-state index is 0.587. The van der Waals surface area contributed by atoms with Gasteiger partial charge in [-0.1, -0.05) is 18.1 Å². The van der Waals surface area contributed by atoms with Gasteiger partial charge in [-0.25, -0.2) is 4.98 Å². The maximum atomic E-state index is 11.1. The van der Waals surface area contributed by atoms with Crippen molar-refractivity contribution >= 4 is 17.8 Å². The Morgan fingerprint density at radius 1 is 1.30 bits per heavy atom. The van der Waals surface area contributed by atoms with Gasteiger partial charge in [0.1, 0.15) is 12.1 Å². The highest BCUT2D eigenvalue weighted by atomic mass is 16.1. The number of aryl methyl sites for hydroxylation is 3. The van der Waals surface area contributed by atoms with Crippen LogP contribution < -0.4 is 5.32 Å². The smallest absolute Gasteiger partial charge is 0.165 e. The molecule has 0 bridgehead atoms. The van der Waals surface area contributed by atoms with E-state index in [4.69, 9.17) is 10.1 Å². The van der Waals surface area contributed by atoms with E-state index in [1.165, 1.54) is 5.56 Å². The monoisotopic (exact) mass is 358 g/mol. The summed E-state index contributed by atoms with van der Waals surface area (Å²) in [6, 6.07) is 5.75. The van der Waals surface area contributed by atoms with Gasteiger partial charge in [0.05, 0.1) is 12.2 Å². The van der Waals surface area contributed by atoms with Crippen LogP contribution in [-0.4, -0.2) is 27.4 Å². The van der Waals surface area contributed by atoms with Gasteiger partial charge in [-0.3, -0.25) is 4.79 Å². The number of rotatable bonds is 4. The third kappa shape index (κ3) is 2.87. The summed E-state index contributed by atoms with van der Waals surface area (Å²) < 4.78 is 1.93. The number of hydrogen-bond acceptors (Lipinski definition) is 4. The minimum atomic E-state index is 0.587. The Balaban J connectivity index is 1.95. The molecule has 0 radical (unpaired) electrons. The Kier molecular flexibility index (Phi) is 4.41. The van der Waals surface area contributed by atoms with Crippen LogP contribution in [0.3, 0.4) is 0 Å². The number of nitrogens with zero attached hydrogens (tertiary/aromatic N) is 3. The van der Waals surface area contributed by atoms with E-state index in [0.29, 0.717) is 12.1 Å². The first kappa shape index (κ1) is 17.3. The molecule has 0 fully saturated rings. The average Bonchev–Trinajstić information content (AvgIpc) is 3.25. The molecular formula is C22H22N4O. The minimum Gasteiger partial charge on any atom is -0.359 e. The predicted molar refractivity (Wildman–Crippen MR) is 107 cm³/mol.